The minimum Gasteiger partial charge on any atom is -0.383 e. The number of likely N-dealkylation sites (tertiary alicyclic amines) is 1. The Morgan fingerprint density at radius 3 is 2.79 bits per heavy atom. The van der Waals surface area contributed by atoms with Gasteiger partial charge in [0.2, 0.25) is 0 Å². The van der Waals surface area contributed by atoms with Crippen molar-refractivity contribution in [3.63, 3.8) is 0 Å². The molecule has 3 N–H and O–H groups in total. The summed E-state index contributed by atoms with van der Waals surface area (Å²) in [7, 11) is 4.05. The molecule has 3 heterocycles. The van der Waals surface area contributed by atoms with Crippen molar-refractivity contribution in [2.75, 3.05) is 31.7 Å². The van der Waals surface area contributed by atoms with Gasteiger partial charge >= 0.3 is 11.8 Å². The Morgan fingerprint density at radius 2 is 2.09 bits per heavy atom. The third-order valence-electron chi connectivity index (χ3n) is 6.54. The maximum atomic E-state index is 13.4. The molecule has 0 unspecified atom stereocenters. The number of thiazole rings is 1. The molecule has 4 rings (SSSR count). The Kier molecular flexibility index (Phi) is 6.60. The van der Waals surface area contributed by atoms with Gasteiger partial charge in [0.15, 0.2) is 0 Å². The molecule has 1 aromatic carbocycles. The lowest BCUT2D eigenvalue weighted by molar-refractivity contribution is -0.150. The molecule has 0 saturated carbocycles. The number of rotatable bonds is 4. The molecule has 1 aliphatic rings. The van der Waals surface area contributed by atoms with Gasteiger partial charge in [-0.3, -0.25) is 9.59 Å². The third-order valence-corrected chi connectivity index (χ3v) is 7.56. The van der Waals surface area contributed by atoms with Gasteiger partial charge in [0.05, 0.1) is 27.6 Å². The lowest BCUT2D eigenvalue weighted by atomic mass is 9.79. The molecule has 180 valence electrons. The zero-order chi connectivity index (χ0) is 24.6. The number of hydrogen-bond donors (Lipinski definition) is 2. The second kappa shape index (κ2) is 9.31. The van der Waals surface area contributed by atoms with Crippen molar-refractivity contribution in [3.8, 4) is 0 Å². The number of nitrogens with zero attached hydrogens (tertiary/aromatic N) is 4. The number of aryl methyl sites for hydroxylation is 1. The van der Waals surface area contributed by atoms with E-state index in [1.807, 2.05) is 27.9 Å². The second-order valence-electron chi connectivity index (χ2n) is 9.74. The molecule has 34 heavy (non-hydrogen) atoms. The van der Waals surface area contributed by atoms with Crippen molar-refractivity contribution in [2.45, 2.75) is 45.7 Å². The molecule has 1 fully saturated rings. The SMILES string of the molecule is Cc1cc(NC(=O)C(=O)N2C[C@@H](C)CC[C@@]2(C)c2ccc3sc(CN(C)C)nc3c2)cnc1N. The van der Waals surface area contributed by atoms with Crippen molar-refractivity contribution >= 4 is 44.9 Å². The van der Waals surface area contributed by atoms with E-state index in [0.29, 0.717) is 24.0 Å². The fraction of sp³-hybridized carbons (Fsp3) is 0.440. The molecule has 0 aliphatic carbocycles. The van der Waals surface area contributed by atoms with Crippen molar-refractivity contribution in [3.05, 3.63) is 46.6 Å². The number of carbonyl (C=O) groups excluding carboxylic acids is 2. The molecule has 0 bridgehead atoms. The van der Waals surface area contributed by atoms with Gasteiger partial charge in [-0.25, -0.2) is 9.97 Å². The Labute approximate surface area is 204 Å². The van der Waals surface area contributed by atoms with E-state index in [2.05, 4.69) is 40.3 Å². The van der Waals surface area contributed by atoms with Crippen LogP contribution in [0.25, 0.3) is 10.2 Å². The number of carbonyl (C=O) groups is 2. The van der Waals surface area contributed by atoms with Crippen LogP contribution in [-0.4, -0.2) is 52.2 Å². The molecule has 2 atom stereocenters. The van der Waals surface area contributed by atoms with Crippen LogP contribution in [-0.2, 0) is 21.7 Å². The molecule has 3 aromatic rings. The van der Waals surface area contributed by atoms with E-state index in [4.69, 9.17) is 10.7 Å². The zero-order valence-corrected chi connectivity index (χ0v) is 21.2. The fourth-order valence-electron chi connectivity index (χ4n) is 4.48. The highest BCUT2D eigenvalue weighted by Gasteiger charge is 2.43. The number of fused-ring (bicyclic) bond motifs is 1. The van der Waals surface area contributed by atoms with Gasteiger partial charge in [-0.05, 0) is 76.0 Å². The molecule has 0 radical (unpaired) electrons. The summed E-state index contributed by atoms with van der Waals surface area (Å²) < 4.78 is 1.12. The van der Waals surface area contributed by atoms with Gasteiger partial charge in [0.1, 0.15) is 10.8 Å². The quantitative estimate of drug-likeness (QED) is 0.551. The predicted molar refractivity (Wildman–Crippen MR) is 136 cm³/mol. The first-order valence-electron chi connectivity index (χ1n) is 11.5. The number of benzene rings is 1. The van der Waals surface area contributed by atoms with Crippen molar-refractivity contribution < 1.29 is 9.59 Å². The van der Waals surface area contributed by atoms with Gasteiger partial charge in [-0.2, -0.15) is 0 Å². The average Bonchev–Trinajstić information content (AvgIpc) is 3.18. The predicted octanol–water partition coefficient (Wildman–Crippen LogP) is 3.76. The highest BCUT2D eigenvalue weighted by Crippen LogP contribution is 2.40. The zero-order valence-electron chi connectivity index (χ0n) is 20.4. The lowest BCUT2D eigenvalue weighted by Crippen LogP contribution is -2.55. The van der Waals surface area contributed by atoms with Crippen LogP contribution in [0, 0.1) is 12.8 Å². The number of nitrogens with one attached hydrogen (secondary N) is 1. The van der Waals surface area contributed by atoms with Crippen LogP contribution in [0.5, 0.6) is 0 Å². The number of pyridine rings is 1. The molecule has 2 aromatic heterocycles. The van der Waals surface area contributed by atoms with E-state index in [-0.39, 0.29) is 0 Å². The van der Waals surface area contributed by atoms with E-state index in [1.165, 1.54) is 6.20 Å². The van der Waals surface area contributed by atoms with Gasteiger partial charge < -0.3 is 20.9 Å². The van der Waals surface area contributed by atoms with E-state index >= 15 is 0 Å². The maximum Gasteiger partial charge on any atom is 0.313 e. The first-order chi connectivity index (χ1) is 16.1. The number of nitrogens with two attached hydrogens (primary N) is 1. The lowest BCUT2D eigenvalue weighted by Gasteiger charge is -2.47. The number of amides is 2. The average molecular weight is 481 g/mol. The topological polar surface area (TPSA) is 104 Å². The molecule has 1 aliphatic heterocycles. The van der Waals surface area contributed by atoms with E-state index in [1.54, 1.807) is 22.3 Å². The molecule has 0 spiro atoms. The Balaban J connectivity index is 1.63. The molecule has 2 amide bonds. The molecular weight excluding hydrogens is 448 g/mol. The monoisotopic (exact) mass is 480 g/mol. The summed E-state index contributed by atoms with van der Waals surface area (Å²) in [5.74, 6) is -0.516. The van der Waals surface area contributed by atoms with E-state index < -0.39 is 17.4 Å². The van der Waals surface area contributed by atoms with Crippen LogP contribution < -0.4 is 11.1 Å². The standard InChI is InChI=1S/C25H32N6O2S/c1-15-8-9-25(3,17-6-7-20-19(11-17)29-21(34-20)14-30(4)5)31(13-15)24(33)23(32)28-18-10-16(2)22(26)27-12-18/h6-7,10-12,15H,8-9,13-14H2,1-5H3,(H2,26,27)(H,28,32)/t15-,25-/m0/s1. The van der Waals surface area contributed by atoms with Crippen molar-refractivity contribution in [1.29, 1.82) is 0 Å². The van der Waals surface area contributed by atoms with Gasteiger partial charge in [0, 0.05) is 13.1 Å². The van der Waals surface area contributed by atoms with Crippen LogP contribution in [0.3, 0.4) is 0 Å². The second-order valence-corrected chi connectivity index (χ2v) is 10.9. The summed E-state index contributed by atoms with van der Waals surface area (Å²) in [4.78, 5) is 39.1. The van der Waals surface area contributed by atoms with Crippen LogP contribution in [0.1, 0.15) is 42.8 Å². The van der Waals surface area contributed by atoms with E-state index in [0.717, 1.165) is 45.7 Å². The van der Waals surface area contributed by atoms with Crippen LogP contribution >= 0.6 is 11.3 Å². The Hall–Kier alpha value is -3.04. The first-order valence-corrected chi connectivity index (χ1v) is 12.3. The van der Waals surface area contributed by atoms with Crippen LogP contribution in [0.15, 0.2) is 30.5 Å². The summed E-state index contributed by atoms with van der Waals surface area (Å²) in [6.45, 7) is 7.27. The smallest absolute Gasteiger partial charge is 0.313 e. The first kappa shape index (κ1) is 24.1. The van der Waals surface area contributed by atoms with Crippen LogP contribution in [0.2, 0.25) is 0 Å². The summed E-state index contributed by atoms with van der Waals surface area (Å²) in [6, 6.07) is 7.94. The van der Waals surface area contributed by atoms with Crippen LogP contribution in [0.4, 0.5) is 11.5 Å². The summed E-state index contributed by atoms with van der Waals surface area (Å²) >= 11 is 1.68. The van der Waals surface area contributed by atoms with Gasteiger partial charge in [0.25, 0.3) is 0 Å². The van der Waals surface area contributed by atoms with Gasteiger partial charge in [-0.1, -0.05) is 13.0 Å². The summed E-state index contributed by atoms with van der Waals surface area (Å²) in [5.41, 5.74) is 8.29. The minimum absolute atomic E-state index is 0.306. The normalized spacial score (nSPS) is 20.6. The number of nitrogen functional groups attached to an aromatic ring is 1. The fourth-order valence-corrected chi connectivity index (χ4v) is 5.55. The number of aromatic nitrogens is 2. The minimum atomic E-state index is -0.672. The van der Waals surface area contributed by atoms with Crippen molar-refractivity contribution in [2.24, 2.45) is 5.92 Å². The number of hydrogen-bond acceptors (Lipinski definition) is 7. The summed E-state index contributed by atoms with van der Waals surface area (Å²) in [6.07, 6.45) is 3.22. The van der Waals surface area contributed by atoms with Gasteiger partial charge in [-0.15, -0.1) is 11.3 Å². The van der Waals surface area contributed by atoms with Crippen molar-refractivity contribution in [1.82, 2.24) is 19.8 Å². The molecule has 8 nitrogen and oxygen atoms in total. The Bertz CT molecular complexity index is 1240. The molecular formula is C25H32N6O2S. The van der Waals surface area contributed by atoms with E-state index in [9.17, 15) is 9.59 Å². The number of piperidine rings is 1. The Morgan fingerprint density at radius 1 is 1.32 bits per heavy atom. The highest BCUT2D eigenvalue weighted by molar-refractivity contribution is 7.18. The largest absolute Gasteiger partial charge is 0.383 e. The third kappa shape index (κ3) is 4.76. The molecule has 9 heteroatoms. The highest BCUT2D eigenvalue weighted by atomic mass is 32.1. The summed E-state index contributed by atoms with van der Waals surface area (Å²) in [5, 5.41) is 3.75. The number of anilines is 2. The molecule has 1 saturated heterocycles. The maximum absolute atomic E-state index is 13.4.